The van der Waals surface area contributed by atoms with E-state index in [-0.39, 0.29) is 29.3 Å². The number of benzene rings is 1. The van der Waals surface area contributed by atoms with E-state index in [1.165, 1.54) is 18.2 Å². The fraction of sp³-hybridized carbons (Fsp3) is 0. The Morgan fingerprint density at radius 2 is 1.85 bits per heavy atom. The zero-order valence-corrected chi connectivity index (χ0v) is 7.22. The van der Waals surface area contributed by atoms with Gasteiger partial charge in [-0.25, -0.2) is 0 Å². The highest BCUT2D eigenvalue weighted by Crippen LogP contribution is 2.24. The number of carbonyl (C=O) groups is 2. The molecule has 13 heavy (non-hydrogen) atoms. The second-order valence-electron chi connectivity index (χ2n) is 2.48. The largest absolute Gasteiger partial charge is 0.507 e. The van der Waals surface area contributed by atoms with Gasteiger partial charge < -0.3 is 5.11 Å². The molecular formula is C8H6ClNO3. The van der Waals surface area contributed by atoms with Gasteiger partial charge in [-0.15, -0.1) is 12.4 Å². The van der Waals surface area contributed by atoms with Gasteiger partial charge in [0.25, 0.3) is 11.8 Å². The van der Waals surface area contributed by atoms with Gasteiger partial charge in [-0.05, 0) is 12.1 Å². The van der Waals surface area contributed by atoms with Gasteiger partial charge in [-0.3, -0.25) is 14.9 Å². The summed E-state index contributed by atoms with van der Waals surface area (Å²) >= 11 is 0. The zero-order valence-electron chi connectivity index (χ0n) is 6.40. The number of rotatable bonds is 0. The summed E-state index contributed by atoms with van der Waals surface area (Å²) in [5.74, 6) is -1.14. The summed E-state index contributed by atoms with van der Waals surface area (Å²) in [7, 11) is 0. The van der Waals surface area contributed by atoms with Crippen molar-refractivity contribution in [3.05, 3.63) is 29.3 Å². The van der Waals surface area contributed by atoms with Crippen molar-refractivity contribution < 1.29 is 14.7 Å². The summed E-state index contributed by atoms with van der Waals surface area (Å²) in [6.45, 7) is 0. The number of halogens is 1. The van der Waals surface area contributed by atoms with Crippen LogP contribution in [0.4, 0.5) is 0 Å². The van der Waals surface area contributed by atoms with Gasteiger partial charge in [0, 0.05) is 0 Å². The maximum Gasteiger partial charge on any atom is 0.262 e. The SMILES string of the molecule is Cl.O=C1NC(=O)c2c(O)cccc21. The quantitative estimate of drug-likeness (QED) is 0.605. The van der Waals surface area contributed by atoms with Gasteiger partial charge in [-0.1, -0.05) is 6.07 Å². The lowest BCUT2D eigenvalue weighted by Gasteiger charge is -1.95. The van der Waals surface area contributed by atoms with Gasteiger partial charge in [0.05, 0.1) is 11.1 Å². The molecule has 1 aromatic carbocycles. The molecule has 0 saturated carbocycles. The van der Waals surface area contributed by atoms with E-state index < -0.39 is 11.8 Å². The van der Waals surface area contributed by atoms with Crippen LogP contribution in [-0.4, -0.2) is 16.9 Å². The first-order chi connectivity index (χ1) is 5.70. The molecule has 0 aliphatic carbocycles. The standard InChI is InChI=1S/C8H5NO3.ClH/c10-5-3-1-2-4-6(5)8(12)9-7(4)11;/h1-3,10H,(H,9,11,12);1H. The van der Waals surface area contributed by atoms with Crippen LogP contribution in [0.2, 0.25) is 0 Å². The Hall–Kier alpha value is -1.55. The molecule has 1 heterocycles. The molecule has 0 atom stereocenters. The molecular weight excluding hydrogens is 194 g/mol. The third-order valence-corrected chi connectivity index (χ3v) is 1.74. The average molecular weight is 200 g/mol. The van der Waals surface area contributed by atoms with Crippen LogP contribution in [0.1, 0.15) is 20.7 Å². The number of phenols is 1. The van der Waals surface area contributed by atoms with Crippen molar-refractivity contribution in [2.24, 2.45) is 0 Å². The van der Waals surface area contributed by atoms with Crippen molar-refractivity contribution in [3.63, 3.8) is 0 Å². The van der Waals surface area contributed by atoms with Crippen LogP contribution >= 0.6 is 12.4 Å². The maximum absolute atomic E-state index is 11.0. The minimum atomic E-state index is -0.534. The fourth-order valence-corrected chi connectivity index (χ4v) is 1.20. The van der Waals surface area contributed by atoms with Gasteiger partial charge >= 0.3 is 0 Å². The van der Waals surface area contributed by atoms with Crippen LogP contribution in [-0.2, 0) is 0 Å². The van der Waals surface area contributed by atoms with Gasteiger partial charge in [0.1, 0.15) is 5.75 Å². The first kappa shape index (κ1) is 9.54. The molecule has 5 heteroatoms. The Morgan fingerprint density at radius 3 is 2.46 bits per heavy atom. The summed E-state index contributed by atoms with van der Waals surface area (Å²) < 4.78 is 0. The summed E-state index contributed by atoms with van der Waals surface area (Å²) in [6.07, 6.45) is 0. The highest BCUT2D eigenvalue weighted by atomic mass is 35.5. The zero-order chi connectivity index (χ0) is 8.72. The Balaban J connectivity index is 0.000000845. The molecule has 0 unspecified atom stereocenters. The highest BCUT2D eigenvalue weighted by molar-refractivity contribution is 6.22. The van der Waals surface area contributed by atoms with Gasteiger partial charge in [0.2, 0.25) is 0 Å². The number of imide groups is 1. The molecule has 0 radical (unpaired) electrons. The van der Waals surface area contributed by atoms with E-state index in [0.29, 0.717) is 0 Å². The van der Waals surface area contributed by atoms with Crippen molar-refractivity contribution in [1.82, 2.24) is 5.32 Å². The molecule has 1 aromatic rings. The molecule has 0 fully saturated rings. The minimum absolute atomic E-state index is 0. The molecule has 4 nitrogen and oxygen atoms in total. The Bertz CT molecular complexity index is 389. The molecule has 1 aliphatic rings. The smallest absolute Gasteiger partial charge is 0.262 e. The van der Waals surface area contributed by atoms with E-state index in [1.54, 1.807) is 0 Å². The van der Waals surface area contributed by atoms with Crippen LogP contribution in [0.3, 0.4) is 0 Å². The molecule has 0 saturated heterocycles. The van der Waals surface area contributed by atoms with Gasteiger partial charge in [0.15, 0.2) is 0 Å². The lowest BCUT2D eigenvalue weighted by Crippen LogP contribution is -2.19. The Kier molecular flexibility index (Phi) is 2.25. The van der Waals surface area contributed by atoms with Gasteiger partial charge in [-0.2, -0.15) is 0 Å². The highest BCUT2D eigenvalue weighted by Gasteiger charge is 2.28. The molecule has 2 N–H and O–H groups in total. The van der Waals surface area contributed by atoms with Crippen LogP contribution in [0, 0.1) is 0 Å². The predicted octanol–water partition coefficient (Wildman–Crippen LogP) is 0.698. The van der Waals surface area contributed by atoms with E-state index in [0.717, 1.165) is 0 Å². The fourth-order valence-electron chi connectivity index (χ4n) is 1.20. The van der Waals surface area contributed by atoms with Crippen LogP contribution < -0.4 is 5.32 Å². The van der Waals surface area contributed by atoms with E-state index >= 15 is 0 Å². The summed E-state index contributed by atoms with van der Waals surface area (Å²) in [5, 5.41) is 11.3. The van der Waals surface area contributed by atoms with E-state index in [2.05, 4.69) is 5.32 Å². The third kappa shape index (κ3) is 1.25. The van der Waals surface area contributed by atoms with Crippen molar-refractivity contribution >= 4 is 24.2 Å². The van der Waals surface area contributed by atoms with Crippen molar-refractivity contribution in [3.8, 4) is 5.75 Å². The molecule has 1 aliphatic heterocycles. The normalized spacial score (nSPS) is 13.2. The topological polar surface area (TPSA) is 66.4 Å². The maximum atomic E-state index is 11.0. The van der Waals surface area contributed by atoms with Crippen molar-refractivity contribution in [2.45, 2.75) is 0 Å². The summed E-state index contributed by atoms with van der Waals surface area (Å²) in [4.78, 5) is 22.0. The van der Waals surface area contributed by atoms with Crippen LogP contribution in [0.5, 0.6) is 5.75 Å². The second-order valence-corrected chi connectivity index (χ2v) is 2.48. The second kappa shape index (κ2) is 3.06. The van der Waals surface area contributed by atoms with E-state index in [4.69, 9.17) is 0 Å². The first-order valence-electron chi connectivity index (χ1n) is 3.38. The number of fused-ring (bicyclic) bond motifs is 1. The lowest BCUT2D eigenvalue weighted by molar-refractivity contribution is 0.0879. The van der Waals surface area contributed by atoms with Crippen molar-refractivity contribution in [1.29, 1.82) is 0 Å². The molecule has 0 aromatic heterocycles. The number of carbonyl (C=O) groups excluding carboxylic acids is 2. The molecule has 0 spiro atoms. The number of aromatic hydroxyl groups is 1. The number of amides is 2. The van der Waals surface area contributed by atoms with E-state index in [9.17, 15) is 14.7 Å². The minimum Gasteiger partial charge on any atom is -0.507 e. The number of hydrogen-bond acceptors (Lipinski definition) is 3. The monoisotopic (exact) mass is 199 g/mol. The summed E-state index contributed by atoms with van der Waals surface area (Å²) in [5.41, 5.74) is 0.308. The van der Waals surface area contributed by atoms with E-state index in [1.807, 2.05) is 0 Å². The Morgan fingerprint density at radius 1 is 1.15 bits per heavy atom. The lowest BCUT2D eigenvalue weighted by atomic mass is 10.1. The predicted molar refractivity (Wildman–Crippen MR) is 47.2 cm³/mol. The number of hydrogen-bond donors (Lipinski definition) is 2. The van der Waals surface area contributed by atoms with Crippen molar-refractivity contribution in [2.75, 3.05) is 0 Å². The van der Waals surface area contributed by atoms with Crippen LogP contribution in [0.25, 0.3) is 0 Å². The summed E-state index contributed by atoms with van der Waals surface area (Å²) in [6, 6.07) is 4.39. The molecule has 0 bridgehead atoms. The molecule has 2 amide bonds. The molecule has 68 valence electrons. The third-order valence-electron chi connectivity index (χ3n) is 1.74. The first-order valence-corrected chi connectivity index (χ1v) is 3.38. The number of phenolic OH excluding ortho intramolecular Hbond substituents is 1. The number of nitrogens with one attached hydrogen (secondary N) is 1. The average Bonchev–Trinajstić information content (AvgIpc) is 2.29. The Labute approximate surface area is 80.0 Å². The van der Waals surface area contributed by atoms with Crippen LogP contribution in [0.15, 0.2) is 18.2 Å². The molecule has 2 rings (SSSR count).